The lowest BCUT2D eigenvalue weighted by Crippen LogP contribution is -2.35. The number of benzene rings is 1. The number of rotatable bonds is 6. The Morgan fingerprint density at radius 1 is 1.33 bits per heavy atom. The fourth-order valence-electron chi connectivity index (χ4n) is 1.44. The molecule has 0 aliphatic carbocycles. The summed E-state index contributed by atoms with van der Waals surface area (Å²) in [6, 6.07) is 6.48. The summed E-state index contributed by atoms with van der Waals surface area (Å²) >= 11 is 5.75. The number of anilines is 1. The number of hydrogen-bond acceptors (Lipinski definition) is 2. The second kappa shape index (κ2) is 6.81. The fourth-order valence-corrected chi connectivity index (χ4v) is 1.57. The Hall–Kier alpha value is -1.81. The number of hydrogen-bond donors (Lipinski definition) is 1. The summed E-state index contributed by atoms with van der Waals surface area (Å²) in [5.41, 5.74) is 0.524. The van der Waals surface area contributed by atoms with E-state index < -0.39 is 5.97 Å². The predicted molar refractivity (Wildman–Crippen MR) is 70.9 cm³/mol. The molecule has 0 radical (unpaired) electrons. The van der Waals surface area contributed by atoms with E-state index in [0.717, 1.165) is 0 Å². The molecule has 1 aromatic rings. The molecule has 0 bridgehead atoms. The Kier molecular flexibility index (Phi) is 5.39. The van der Waals surface area contributed by atoms with Crippen molar-refractivity contribution in [2.45, 2.75) is 12.8 Å². The van der Waals surface area contributed by atoms with Crippen molar-refractivity contribution < 1.29 is 14.7 Å². The molecule has 4 nitrogen and oxygen atoms in total. The molecule has 1 rings (SSSR count). The lowest BCUT2D eigenvalue weighted by molar-refractivity contribution is -0.136. The summed E-state index contributed by atoms with van der Waals surface area (Å²) in [5, 5.41) is 9.37. The Morgan fingerprint density at radius 3 is 2.44 bits per heavy atom. The number of amides is 1. The van der Waals surface area contributed by atoms with E-state index in [2.05, 4.69) is 6.58 Å². The maximum atomic E-state index is 11.9. The summed E-state index contributed by atoms with van der Waals surface area (Å²) in [7, 11) is 0. The minimum atomic E-state index is -1.06. The minimum absolute atomic E-state index is 0.236. The van der Waals surface area contributed by atoms with E-state index in [1.54, 1.807) is 30.3 Å². The SMILES string of the molecule is C=CCCC(=O)N(CC(=O)O)c1ccc(Cl)cc1. The number of carboxylic acid groups (broad SMARTS) is 1. The number of carboxylic acids is 1. The second-order valence-corrected chi connectivity index (χ2v) is 4.11. The number of halogens is 1. The number of carbonyl (C=O) groups excluding carboxylic acids is 1. The van der Waals surface area contributed by atoms with E-state index in [0.29, 0.717) is 17.1 Å². The van der Waals surface area contributed by atoms with Gasteiger partial charge in [-0.25, -0.2) is 0 Å². The number of aliphatic carboxylic acids is 1. The maximum Gasteiger partial charge on any atom is 0.323 e. The molecule has 0 saturated carbocycles. The van der Waals surface area contributed by atoms with Gasteiger partial charge in [0.1, 0.15) is 6.54 Å². The van der Waals surface area contributed by atoms with Crippen LogP contribution in [0.4, 0.5) is 5.69 Å². The van der Waals surface area contributed by atoms with Crippen LogP contribution in [0.25, 0.3) is 0 Å². The molecule has 18 heavy (non-hydrogen) atoms. The second-order valence-electron chi connectivity index (χ2n) is 3.68. The standard InChI is InChI=1S/C13H14ClNO3/c1-2-3-4-12(16)15(9-13(17)18)11-7-5-10(14)6-8-11/h2,5-8H,1,3-4,9H2,(H,17,18). The molecule has 0 spiro atoms. The van der Waals surface area contributed by atoms with Crippen LogP contribution in [0.5, 0.6) is 0 Å². The van der Waals surface area contributed by atoms with Crippen LogP contribution in [0.1, 0.15) is 12.8 Å². The van der Waals surface area contributed by atoms with E-state index in [9.17, 15) is 9.59 Å². The van der Waals surface area contributed by atoms with Gasteiger partial charge in [-0.2, -0.15) is 0 Å². The average Bonchev–Trinajstić information content (AvgIpc) is 2.34. The summed E-state index contributed by atoms with van der Waals surface area (Å²) in [4.78, 5) is 23.9. The lowest BCUT2D eigenvalue weighted by atomic mass is 10.2. The zero-order valence-corrected chi connectivity index (χ0v) is 10.6. The van der Waals surface area contributed by atoms with E-state index in [1.807, 2.05) is 0 Å². The highest BCUT2D eigenvalue weighted by Gasteiger charge is 2.17. The Bertz CT molecular complexity index is 442. The van der Waals surface area contributed by atoms with Gasteiger partial charge in [0, 0.05) is 17.1 Å². The Balaban J connectivity index is 2.89. The van der Waals surface area contributed by atoms with Gasteiger partial charge in [-0.15, -0.1) is 6.58 Å². The van der Waals surface area contributed by atoms with Crippen molar-refractivity contribution in [1.82, 2.24) is 0 Å². The lowest BCUT2D eigenvalue weighted by Gasteiger charge is -2.20. The summed E-state index contributed by atoms with van der Waals surface area (Å²) in [5.74, 6) is -1.31. The molecule has 1 N–H and O–H groups in total. The zero-order valence-electron chi connectivity index (χ0n) is 9.80. The van der Waals surface area contributed by atoms with Gasteiger partial charge >= 0.3 is 5.97 Å². The van der Waals surface area contributed by atoms with Crippen LogP contribution in [-0.2, 0) is 9.59 Å². The zero-order chi connectivity index (χ0) is 13.5. The molecule has 0 fully saturated rings. The maximum absolute atomic E-state index is 11.9. The number of nitrogens with zero attached hydrogens (tertiary/aromatic N) is 1. The largest absolute Gasteiger partial charge is 0.480 e. The van der Waals surface area contributed by atoms with Crippen molar-refractivity contribution >= 4 is 29.2 Å². The third-order valence-corrected chi connectivity index (χ3v) is 2.55. The normalized spacial score (nSPS) is 9.83. The van der Waals surface area contributed by atoms with Crippen molar-refractivity contribution in [2.24, 2.45) is 0 Å². The number of carbonyl (C=O) groups is 2. The van der Waals surface area contributed by atoms with Gasteiger partial charge in [-0.1, -0.05) is 17.7 Å². The van der Waals surface area contributed by atoms with E-state index in [1.165, 1.54) is 4.90 Å². The first-order valence-electron chi connectivity index (χ1n) is 5.43. The van der Waals surface area contributed by atoms with Gasteiger partial charge in [-0.3, -0.25) is 9.59 Å². The molecule has 1 amide bonds. The summed E-state index contributed by atoms with van der Waals surface area (Å²) < 4.78 is 0. The van der Waals surface area contributed by atoms with Crippen LogP contribution < -0.4 is 4.90 Å². The van der Waals surface area contributed by atoms with Gasteiger partial charge < -0.3 is 10.0 Å². The van der Waals surface area contributed by atoms with E-state index in [4.69, 9.17) is 16.7 Å². The van der Waals surface area contributed by atoms with Gasteiger partial charge in [0.2, 0.25) is 5.91 Å². The highest BCUT2D eigenvalue weighted by molar-refractivity contribution is 6.30. The van der Waals surface area contributed by atoms with E-state index in [-0.39, 0.29) is 18.9 Å². The highest BCUT2D eigenvalue weighted by atomic mass is 35.5. The van der Waals surface area contributed by atoms with Crippen LogP contribution in [0, 0.1) is 0 Å². The molecule has 0 saturated heterocycles. The molecule has 0 unspecified atom stereocenters. The summed E-state index contributed by atoms with van der Waals surface area (Å²) in [6.07, 6.45) is 2.38. The minimum Gasteiger partial charge on any atom is -0.480 e. The molecule has 1 aromatic carbocycles. The highest BCUT2D eigenvalue weighted by Crippen LogP contribution is 2.19. The quantitative estimate of drug-likeness (QED) is 0.806. The first-order valence-corrected chi connectivity index (χ1v) is 5.81. The average molecular weight is 268 g/mol. The molecule has 0 aliphatic rings. The topological polar surface area (TPSA) is 57.6 Å². The Labute approximate surface area is 110 Å². The molecule has 0 heterocycles. The van der Waals surface area contributed by atoms with Crippen LogP contribution >= 0.6 is 11.6 Å². The molecule has 0 atom stereocenters. The Morgan fingerprint density at radius 2 is 1.94 bits per heavy atom. The molecule has 0 aromatic heterocycles. The van der Waals surface area contributed by atoms with Crippen LogP contribution in [0.15, 0.2) is 36.9 Å². The molecule has 5 heteroatoms. The van der Waals surface area contributed by atoms with Gasteiger partial charge in [0.05, 0.1) is 0 Å². The van der Waals surface area contributed by atoms with Crippen LogP contribution in [0.2, 0.25) is 5.02 Å². The van der Waals surface area contributed by atoms with Crippen molar-refractivity contribution in [3.63, 3.8) is 0 Å². The van der Waals surface area contributed by atoms with Crippen LogP contribution in [-0.4, -0.2) is 23.5 Å². The van der Waals surface area contributed by atoms with Crippen molar-refractivity contribution in [3.8, 4) is 0 Å². The first-order chi connectivity index (χ1) is 8.54. The monoisotopic (exact) mass is 267 g/mol. The molecular weight excluding hydrogens is 254 g/mol. The van der Waals surface area contributed by atoms with Gasteiger partial charge in [-0.05, 0) is 30.7 Å². The molecular formula is C13H14ClNO3. The first kappa shape index (κ1) is 14.3. The smallest absolute Gasteiger partial charge is 0.323 e. The van der Waals surface area contributed by atoms with Crippen molar-refractivity contribution in [2.75, 3.05) is 11.4 Å². The van der Waals surface area contributed by atoms with Gasteiger partial charge in [0.25, 0.3) is 0 Å². The third kappa shape index (κ3) is 4.22. The third-order valence-electron chi connectivity index (χ3n) is 2.30. The predicted octanol–water partition coefficient (Wildman–Crippen LogP) is 2.72. The molecule has 96 valence electrons. The fraction of sp³-hybridized carbons (Fsp3) is 0.231. The summed E-state index contributed by atoms with van der Waals surface area (Å²) in [6.45, 7) is 3.17. The van der Waals surface area contributed by atoms with Gasteiger partial charge in [0.15, 0.2) is 0 Å². The van der Waals surface area contributed by atoms with Crippen LogP contribution in [0.3, 0.4) is 0 Å². The van der Waals surface area contributed by atoms with Crippen molar-refractivity contribution in [1.29, 1.82) is 0 Å². The van der Waals surface area contributed by atoms with E-state index >= 15 is 0 Å². The molecule has 0 aliphatic heterocycles. The number of allylic oxidation sites excluding steroid dienone is 1. The van der Waals surface area contributed by atoms with Crippen molar-refractivity contribution in [3.05, 3.63) is 41.9 Å².